The molecule has 172 valence electrons. The monoisotopic (exact) mass is 446 g/mol. The number of carbonyl (C=O) groups excluding carboxylic acids is 1. The number of ether oxygens (including phenoxy) is 1. The van der Waals surface area contributed by atoms with Gasteiger partial charge in [-0.1, -0.05) is 6.92 Å². The van der Waals surface area contributed by atoms with Gasteiger partial charge in [-0.3, -0.25) is 14.6 Å². The van der Waals surface area contributed by atoms with Crippen molar-refractivity contribution >= 4 is 17.0 Å². The molecular formula is C21H26N4O7. The van der Waals surface area contributed by atoms with Crippen LogP contribution in [0.4, 0.5) is 0 Å². The largest absolute Gasteiger partial charge is 0.463 e. The normalized spacial score (nSPS) is 14.4. The molecule has 2 aliphatic heterocycles. The molecule has 0 amide bonds. The highest BCUT2D eigenvalue weighted by Gasteiger charge is 2.28. The molecule has 2 heterocycles. The second-order valence-electron chi connectivity index (χ2n) is 7.75. The lowest BCUT2D eigenvalue weighted by Gasteiger charge is -2.25. The molecule has 4 N–H and O–H groups in total. The van der Waals surface area contributed by atoms with Gasteiger partial charge in [0.2, 0.25) is 0 Å². The Balaban J connectivity index is 1.99. The molecule has 1 aromatic carbocycles. The van der Waals surface area contributed by atoms with Gasteiger partial charge < -0.3 is 24.6 Å². The van der Waals surface area contributed by atoms with Crippen molar-refractivity contribution in [2.75, 3.05) is 6.61 Å². The van der Waals surface area contributed by atoms with Crippen molar-refractivity contribution in [2.45, 2.75) is 58.5 Å². The number of H-pyrrole nitrogens is 1. The minimum atomic E-state index is -1.67. The third-order valence-electron chi connectivity index (χ3n) is 5.25. The Morgan fingerprint density at radius 3 is 2.50 bits per heavy atom. The van der Waals surface area contributed by atoms with Crippen LogP contribution in [0.25, 0.3) is 22.6 Å². The lowest BCUT2D eigenvalue weighted by molar-refractivity contribution is -0.151. The fraction of sp³-hybridized carbons (Fsp3) is 0.476. The third-order valence-corrected chi connectivity index (χ3v) is 5.25. The summed E-state index contributed by atoms with van der Waals surface area (Å²) in [5, 5.41) is 31.1. The number of fused-ring (bicyclic) bond motifs is 2. The molecule has 2 aliphatic rings. The number of rotatable bonds is 8. The zero-order chi connectivity index (χ0) is 23.6. The van der Waals surface area contributed by atoms with E-state index in [0.717, 1.165) is 11.1 Å². The average molecular weight is 446 g/mol. The fourth-order valence-corrected chi connectivity index (χ4v) is 3.34. The van der Waals surface area contributed by atoms with E-state index in [2.05, 4.69) is 15.0 Å². The minimum absolute atomic E-state index is 0.0652. The van der Waals surface area contributed by atoms with Gasteiger partial charge in [0.15, 0.2) is 11.5 Å². The van der Waals surface area contributed by atoms with Crippen LogP contribution in [-0.2, 0) is 16.1 Å². The third kappa shape index (κ3) is 4.85. The highest BCUT2D eigenvalue weighted by atomic mass is 16.5. The Bertz CT molecular complexity index is 1220. The zero-order valence-electron chi connectivity index (χ0n) is 18.0. The van der Waals surface area contributed by atoms with Crippen molar-refractivity contribution in [3.05, 3.63) is 44.1 Å². The molecule has 0 radical (unpaired) electrons. The number of hydrogen-bond donors (Lipinski definition) is 4. The first-order valence-corrected chi connectivity index (χ1v) is 10.2. The van der Waals surface area contributed by atoms with Crippen LogP contribution in [0.2, 0.25) is 0 Å². The quantitative estimate of drug-likeness (QED) is 0.266. The molecule has 0 fully saturated rings. The van der Waals surface area contributed by atoms with Crippen LogP contribution in [-0.4, -0.2) is 65.7 Å². The molecule has 11 heteroatoms. The predicted molar refractivity (Wildman–Crippen MR) is 114 cm³/mol. The maximum atomic E-state index is 12.3. The molecule has 0 aromatic heterocycles. The van der Waals surface area contributed by atoms with Crippen molar-refractivity contribution in [3.8, 4) is 11.5 Å². The van der Waals surface area contributed by atoms with Gasteiger partial charge >= 0.3 is 11.7 Å². The molecule has 3 unspecified atom stereocenters. The summed E-state index contributed by atoms with van der Waals surface area (Å²) >= 11 is 0. The van der Waals surface area contributed by atoms with Gasteiger partial charge in [-0.25, -0.2) is 9.78 Å². The lowest BCUT2D eigenvalue weighted by Crippen LogP contribution is -2.43. The van der Waals surface area contributed by atoms with E-state index in [0.29, 0.717) is 17.5 Å². The summed E-state index contributed by atoms with van der Waals surface area (Å²) in [6.45, 7) is 4.75. The molecule has 0 saturated heterocycles. The Labute approximate surface area is 182 Å². The van der Waals surface area contributed by atoms with Crippen LogP contribution in [0.3, 0.4) is 0 Å². The second-order valence-corrected chi connectivity index (χ2v) is 7.75. The van der Waals surface area contributed by atoms with Crippen LogP contribution in [0.1, 0.15) is 30.9 Å². The van der Waals surface area contributed by atoms with Crippen LogP contribution < -0.4 is 11.2 Å². The number of nitrogens with one attached hydrogen (secondary N) is 1. The first-order chi connectivity index (χ1) is 15.1. The summed E-state index contributed by atoms with van der Waals surface area (Å²) in [5.41, 5.74) is 1.03. The van der Waals surface area contributed by atoms with E-state index in [1.54, 1.807) is 19.1 Å². The minimum Gasteiger partial charge on any atom is -0.463 e. The van der Waals surface area contributed by atoms with Gasteiger partial charge in [0, 0.05) is 6.42 Å². The number of benzene rings is 1. The maximum absolute atomic E-state index is 12.3. The van der Waals surface area contributed by atoms with E-state index >= 15 is 0 Å². The number of hydrogen-bond acceptors (Lipinski definition) is 9. The Morgan fingerprint density at radius 2 is 1.81 bits per heavy atom. The smallest absolute Gasteiger partial charge is 0.349 e. The summed E-state index contributed by atoms with van der Waals surface area (Å²) in [5.74, 6) is -0.587. The Morgan fingerprint density at radius 1 is 1.12 bits per heavy atom. The molecule has 3 rings (SSSR count). The van der Waals surface area contributed by atoms with Crippen LogP contribution in [0.5, 0.6) is 0 Å². The number of carbonyl (C=O) groups is 1. The summed E-state index contributed by atoms with van der Waals surface area (Å²) in [6, 6.07) is 3.53. The maximum Gasteiger partial charge on any atom is 0.349 e. The van der Waals surface area contributed by atoms with Crippen molar-refractivity contribution in [3.63, 3.8) is 0 Å². The van der Waals surface area contributed by atoms with Crippen LogP contribution in [0.15, 0.2) is 21.7 Å². The second kappa shape index (κ2) is 9.55. The average Bonchev–Trinajstić information content (AvgIpc) is 2.73. The summed E-state index contributed by atoms with van der Waals surface area (Å²) < 4.78 is 6.30. The molecule has 0 aliphatic carbocycles. The molecule has 3 atom stereocenters. The molecule has 1 aromatic rings. The van der Waals surface area contributed by atoms with Crippen molar-refractivity contribution in [1.29, 1.82) is 0 Å². The number of aliphatic hydroxyl groups is 3. The lowest BCUT2D eigenvalue weighted by atomic mass is 10.1. The van der Waals surface area contributed by atoms with Crippen molar-refractivity contribution in [2.24, 2.45) is 0 Å². The fourth-order valence-electron chi connectivity index (χ4n) is 3.34. The number of aryl methyl sites for hydroxylation is 2. The van der Waals surface area contributed by atoms with Gasteiger partial charge in [0.1, 0.15) is 24.9 Å². The number of aromatic amines is 1. The number of nitrogens with zero attached hydrogens (tertiary/aromatic N) is 3. The topological polar surface area (TPSA) is 168 Å². The van der Waals surface area contributed by atoms with E-state index in [1.165, 1.54) is 4.57 Å². The summed E-state index contributed by atoms with van der Waals surface area (Å²) in [4.78, 5) is 45.9. The van der Waals surface area contributed by atoms with E-state index in [1.807, 2.05) is 13.8 Å². The van der Waals surface area contributed by atoms with Gasteiger partial charge in [0.25, 0.3) is 5.56 Å². The van der Waals surface area contributed by atoms with Gasteiger partial charge in [-0.2, -0.15) is 4.98 Å². The first kappa shape index (κ1) is 23.5. The summed E-state index contributed by atoms with van der Waals surface area (Å²) in [7, 11) is 0. The number of esters is 1. The standard InChI is InChI=1S/C21H26N4O7/c1-4-5-16(28)32-9-15(27)18(29)14(26)8-25-13-7-11(3)10(2)6-12(13)22-17-19(25)23-21(31)24-20(17)30/h6-7,14-15,18,26-27,29H,4-5,8-9H2,1-3H3,(H,24,30,31). The van der Waals surface area contributed by atoms with Crippen LogP contribution in [0, 0.1) is 13.8 Å². The molecule has 0 spiro atoms. The van der Waals surface area contributed by atoms with Gasteiger partial charge in [-0.15, -0.1) is 0 Å². The first-order valence-electron chi connectivity index (χ1n) is 10.2. The highest BCUT2D eigenvalue weighted by Crippen LogP contribution is 2.24. The van der Waals surface area contributed by atoms with Gasteiger partial charge in [-0.05, 0) is 43.5 Å². The highest BCUT2D eigenvalue weighted by molar-refractivity contribution is 5.81. The zero-order valence-corrected chi connectivity index (χ0v) is 18.0. The van der Waals surface area contributed by atoms with E-state index in [-0.39, 0.29) is 24.5 Å². The molecule has 0 saturated carbocycles. The number of aromatic nitrogens is 4. The van der Waals surface area contributed by atoms with Crippen molar-refractivity contribution < 1.29 is 24.9 Å². The van der Waals surface area contributed by atoms with Crippen LogP contribution >= 0.6 is 0 Å². The van der Waals surface area contributed by atoms with Gasteiger partial charge in [0.05, 0.1) is 17.6 Å². The van der Waals surface area contributed by atoms with E-state index < -0.39 is 42.1 Å². The SMILES string of the molecule is CCCC(=O)OCC(O)C(O)C(O)Cn1c2nc(=O)[nH]c(=O)c-2nc2cc(C)c(C)cc21. The molecular weight excluding hydrogens is 420 g/mol. The van der Waals surface area contributed by atoms with E-state index in [9.17, 15) is 29.7 Å². The molecule has 11 nitrogen and oxygen atoms in total. The predicted octanol–water partition coefficient (Wildman–Crippen LogP) is -0.373. The number of aliphatic hydroxyl groups excluding tert-OH is 3. The Kier molecular flexibility index (Phi) is 7.02. The molecule has 32 heavy (non-hydrogen) atoms. The van der Waals surface area contributed by atoms with Crippen molar-refractivity contribution in [1.82, 2.24) is 19.5 Å². The Hall–Kier alpha value is -3.15. The van der Waals surface area contributed by atoms with E-state index in [4.69, 9.17) is 4.74 Å². The summed E-state index contributed by atoms with van der Waals surface area (Å²) in [6.07, 6.45) is -4.00. The molecule has 0 bridgehead atoms.